The Hall–Kier alpha value is -1.43. The van der Waals surface area contributed by atoms with E-state index in [1.807, 2.05) is 13.8 Å². The summed E-state index contributed by atoms with van der Waals surface area (Å²) in [5.74, 6) is -3.54. The van der Waals surface area contributed by atoms with Crippen LogP contribution in [0.3, 0.4) is 0 Å². The third-order valence-corrected chi connectivity index (χ3v) is 3.33. The predicted octanol–water partition coefficient (Wildman–Crippen LogP) is 2.26. The van der Waals surface area contributed by atoms with Crippen LogP contribution in [0.4, 0.5) is 0 Å². The Balaban J connectivity index is 0.00000576. The molecule has 0 unspecified atom stereocenters. The molecule has 0 radical (unpaired) electrons. The maximum atomic E-state index is 12.4. The van der Waals surface area contributed by atoms with E-state index in [1.54, 1.807) is 13.8 Å². The van der Waals surface area contributed by atoms with Crippen LogP contribution >= 0.6 is 0 Å². The average molecular weight is 331 g/mol. The number of amides is 1. The van der Waals surface area contributed by atoms with Crippen molar-refractivity contribution in [2.75, 3.05) is 6.54 Å². The van der Waals surface area contributed by atoms with Gasteiger partial charge in [-0.05, 0) is 24.6 Å². The molecular formula is C17H31NO5. The van der Waals surface area contributed by atoms with Gasteiger partial charge in [-0.25, -0.2) is 4.79 Å². The summed E-state index contributed by atoms with van der Waals surface area (Å²) < 4.78 is 21.2. The number of ketones is 1. The summed E-state index contributed by atoms with van der Waals surface area (Å²) in [5, 5.41) is 11.5. The first-order valence-corrected chi connectivity index (χ1v) is 7.67. The van der Waals surface area contributed by atoms with Gasteiger partial charge in [-0.2, -0.15) is 0 Å². The number of rotatable bonds is 10. The van der Waals surface area contributed by atoms with Crippen LogP contribution in [0.2, 0.25) is 0 Å². The largest absolute Gasteiger partial charge is 0.479 e. The molecule has 0 aromatic carbocycles. The van der Waals surface area contributed by atoms with Crippen molar-refractivity contribution >= 4 is 17.7 Å². The summed E-state index contributed by atoms with van der Waals surface area (Å²) in [6, 6.07) is 0. The van der Waals surface area contributed by atoms with Gasteiger partial charge in [0, 0.05) is 21.6 Å². The van der Waals surface area contributed by atoms with Crippen LogP contribution in [0.15, 0.2) is 0 Å². The van der Waals surface area contributed by atoms with E-state index >= 15 is 0 Å². The van der Waals surface area contributed by atoms with Gasteiger partial charge in [0.15, 0.2) is 18.0 Å². The Morgan fingerprint density at radius 1 is 1.17 bits per heavy atom. The van der Waals surface area contributed by atoms with Crippen LogP contribution in [-0.4, -0.2) is 41.5 Å². The summed E-state index contributed by atoms with van der Waals surface area (Å²) in [6.45, 7) is 7.72. The van der Waals surface area contributed by atoms with Crippen molar-refractivity contribution in [1.29, 1.82) is 0 Å². The van der Waals surface area contributed by atoms with E-state index in [0.717, 1.165) is 6.42 Å². The molecule has 0 spiro atoms. The number of carbonyl (C=O) groups is 3. The molecule has 1 saturated heterocycles. The summed E-state index contributed by atoms with van der Waals surface area (Å²) >= 11 is 0. The van der Waals surface area contributed by atoms with Gasteiger partial charge in [-0.3, -0.25) is 9.59 Å². The number of carbonyl (C=O) groups excluding carboxylic acids is 2. The third-order valence-electron chi connectivity index (χ3n) is 3.33. The van der Waals surface area contributed by atoms with Crippen molar-refractivity contribution in [2.24, 2.45) is 17.8 Å². The van der Waals surface area contributed by atoms with Crippen LogP contribution < -0.4 is 5.32 Å². The standard InChI is InChI=1S/C16H27NO5.CH4/c1-9(2)5-6-17-15(19)11(7-10(3)4)8-12(18)13-14(22-13)16(20)21;/h9-11,13-14H,5-8H2,1-4H3,(H,17,19)(H,20,21);1H4/t11-,13-,14+;/m1./s1/i7D2;. The monoisotopic (exact) mass is 331 g/mol. The molecule has 134 valence electrons. The van der Waals surface area contributed by atoms with Crippen molar-refractivity contribution in [1.82, 2.24) is 5.32 Å². The molecule has 1 rings (SSSR count). The molecule has 0 aromatic heterocycles. The summed E-state index contributed by atoms with van der Waals surface area (Å²) in [5.41, 5.74) is 0. The minimum Gasteiger partial charge on any atom is -0.479 e. The average Bonchev–Trinajstić information content (AvgIpc) is 3.24. The molecule has 0 aliphatic carbocycles. The van der Waals surface area contributed by atoms with Gasteiger partial charge in [0.2, 0.25) is 5.91 Å². The molecule has 6 heteroatoms. The minimum atomic E-state index is -1.88. The van der Waals surface area contributed by atoms with E-state index < -0.39 is 48.1 Å². The maximum Gasteiger partial charge on any atom is 0.336 e. The molecule has 0 bridgehead atoms. The lowest BCUT2D eigenvalue weighted by Crippen LogP contribution is -2.34. The third kappa shape index (κ3) is 7.59. The summed E-state index contributed by atoms with van der Waals surface area (Å²) in [6.07, 6.45) is -3.74. The number of Topliss-reactive ketones (excluding diaryl/α,β-unsaturated/α-hetero) is 1. The molecule has 23 heavy (non-hydrogen) atoms. The summed E-state index contributed by atoms with van der Waals surface area (Å²) in [7, 11) is 0. The van der Waals surface area contributed by atoms with Crippen LogP contribution in [0.25, 0.3) is 0 Å². The lowest BCUT2D eigenvalue weighted by atomic mass is 9.90. The Bertz CT molecular complexity index is 493. The number of aliphatic carboxylic acids is 1. The first-order chi connectivity index (χ1) is 11.0. The zero-order chi connectivity index (χ0) is 18.7. The van der Waals surface area contributed by atoms with E-state index in [9.17, 15) is 14.4 Å². The molecule has 1 fully saturated rings. The highest BCUT2D eigenvalue weighted by Gasteiger charge is 2.50. The van der Waals surface area contributed by atoms with Crippen LogP contribution in [0.1, 0.15) is 57.1 Å². The van der Waals surface area contributed by atoms with Crippen molar-refractivity contribution in [2.45, 2.75) is 66.5 Å². The molecule has 0 aromatic rings. The van der Waals surface area contributed by atoms with E-state index in [1.165, 1.54) is 0 Å². The van der Waals surface area contributed by atoms with Crippen molar-refractivity contribution in [3.05, 3.63) is 0 Å². The van der Waals surface area contributed by atoms with Crippen LogP contribution in [0.5, 0.6) is 0 Å². The van der Waals surface area contributed by atoms with Crippen molar-refractivity contribution < 1.29 is 27.0 Å². The zero-order valence-corrected chi connectivity index (χ0v) is 13.6. The Labute approximate surface area is 141 Å². The normalized spacial score (nSPS) is 22.7. The Morgan fingerprint density at radius 2 is 1.78 bits per heavy atom. The maximum absolute atomic E-state index is 12.4. The number of hydrogen-bond donors (Lipinski definition) is 2. The number of carboxylic acids is 1. The fraction of sp³-hybridized carbons (Fsp3) is 0.824. The van der Waals surface area contributed by atoms with Gasteiger partial charge in [0.1, 0.15) is 0 Å². The quantitative estimate of drug-likeness (QED) is 0.599. The van der Waals surface area contributed by atoms with E-state index in [4.69, 9.17) is 12.6 Å². The van der Waals surface area contributed by atoms with E-state index in [0.29, 0.717) is 12.5 Å². The summed E-state index contributed by atoms with van der Waals surface area (Å²) in [4.78, 5) is 35.3. The van der Waals surface area contributed by atoms with Crippen LogP contribution in [0, 0.1) is 17.8 Å². The highest BCUT2D eigenvalue weighted by Crippen LogP contribution is 2.27. The zero-order valence-electron chi connectivity index (χ0n) is 15.6. The van der Waals surface area contributed by atoms with Crippen molar-refractivity contribution in [3.63, 3.8) is 0 Å². The number of epoxide rings is 1. The molecule has 1 heterocycles. The second-order valence-corrected chi connectivity index (χ2v) is 6.33. The lowest BCUT2D eigenvalue weighted by Gasteiger charge is -2.18. The number of hydrogen-bond acceptors (Lipinski definition) is 4. The first-order valence-electron chi connectivity index (χ1n) is 8.67. The molecule has 2 N–H and O–H groups in total. The molecular weight excluding hydrogens is 298 g/mol. The van der Waals surface area contributed by atoms with Crippen LogP contribution in [-0.2, 0) is 19.1 Å². The molecule has 3 atom stereocenters. The van der Waals surface area contributed by atoms with Gasteiger partial charge < -0.3 is 15.2 Å². The number of carboxylic acid groups (broad SMARTS) is 1. The van der Waals surface area contributed by atoms with Gasteiger partial charge in [-0.1, -0.05) is 35.1 Å². The topological polar surface area (TPSA) is 96.0 Å². The molecule has 1 aliphatic heterocycles. The molecule has 1 aliphatic rings. The highest BCUT2D eigenvalue weighted by atomic mass is 16.6. The fourth-order valence-electron chi connectivity index (χ4n) is 2.10. The van der Waals surface area contributed by atoms with Crippen molar-refractivity contribution in [3.8, 4) is 0 Å². The Kier molecular flexibility index (Phi) is 7.52. The van der Waals surface area contributed by atoms with Gasteiger partial charge >= 0.3 is 5.97 Å². The second-order valence-electron chi connectivity index (χ2n) is 6.33. The lowest BCUT2D eigenvalue weighted by molar-refractivity contribution is -0.138. The van der Waals surface area contributed by atoms with E-state index in [2.05, 4.69) is 5.32 Å². The predicted molar refractivity (Wildman–Crippen MR) is 88.1 cm³/mol. The fourth-order valence-corrected chi connectivity index (χ4v) is 2.10. The van der Waals surface area contributed by atoms with Gasteiger partial charge in [0.25, 0.3) is 0 Å². The molecule has 0 saturated carbocycles. The number of nitrogens with one attached hydrogen (secondary N) is 1. The second kappa shape index (κ2) is 9.65. The van der Waals surface area contributed by atoms with Gasteiger partial charge in [-0.15, -0.1) is 0 Å². The smallest absolute Gasteiger partial charge is 0.336 e. The minimum absolute atomic E-state index is 0. The van der Waals surface area contributed by atoms with Gasteiger partial charge in [0.05, 0.1) is 0 Å². The van der Waals surface area contributed by atoms with E-state index in [-0.39, 0.29) is 13.8 Å². The first kappa shape index (κ1) is 17.9. The highest BCUT2D eigenvalue weighted by molar-refractivity contribution is 5.95. The number of ether oxygens (including phenoxy) is 1. The molecule has 6 nitrogen and oxygen atoms in total. The SMILES string of the molecule is C.[2H]C([2H])(C(C)C)[C@H](CC(=O)[C@H]1O[C@@H]1C(=O)O)C(=O)NCCC(C)C. The molecule has 1 amide bonds. The Morgan fingerprint density at radius 3 is 2.22 bits per heavy atom.